The van der Waals surface area contributed by atoms with Crippen molar-refractivity contribution in [3.8, 4) is 0 Å². The Morgan fingerprint density at radius 3 is 2.33 bits per heavy atom. The Hall–Kier alpha value is -3.85. The first-order valence-electron chi connectivity index (χ1n) is 12.5. The van der Waals surface area contributed by atoms with Crippen LogP contribution in [0, 0.1) is 6.92 Å². The predicted octanol–water partition coefficient (Wildman–Crippen LogP) is 7.42. The molecule has 1 atom stereocenters. The number of hydrogen-bond acceptors (Lipinski definition) is 3. The fraction of sp³-hybridized carbons (Fsp3) is 0.242. The molecule has 0 spiro atoms. The minimum absolute atomic E-state index is 0.00856. The predicted molar refractivity (Wildman–Crippen MR) is 152 cm³/mol. The molecule has 2 aromatic carbocycles. The van der Waals surface area contributed by atoms with Gasteiger partial charge in [-0.25, -0.2) is 0 Å². The Morgan fingerprint density at radius 1 is 1.00 bits per heavy atom. The molecular formula is C33H38N2O. The van der Waals surface area contributed by atoms with Gasteiger partial charge in [0.25, 0.3) is 0 Å². The lowest BCUT2D eigenvalue weighted by Gasteiger charge is -2.23. The van der Waals surface area contributed by atoms with E-state index in [-0.39, 0.29) is 11.8 Å². The molecule has 36 heavy (non-hydrogen) atoms. The van der Waals surface area contributed by atoms with Crippen LogP contribution in [0.3, 0.4) is 0 Å². The normalized spacial score (nSPS) is 14.6. The first-order valence-corrected chi connectivity index (χ1v) is 12.5. The number of nitrogens with one attached hydrogen (secondary N) is 2. The van der Waals surface area contributed by atoms with Crippen LogP contribution in [0.15, 0.2) is 126 Å². The number of allylic oxidation sites excluding steroid dienone is 7. The van der Waals surface area contributed by atoms with Crippen LogP contribution in [-0.4, -0.2) is 12.3 Å². The highest BCUT2D eigenvalue weighted by atomic mass is 16.1. The van der Waals surface area contributed by atoms with Gasteiger partial charge in [0.2, 0.25) is 0 Å². The third-order valence-electron chi connectivity index (χ3n) is 6.24. The van der Waals surface area contributed by atoms with Gasteiger partial charge in [0, 0.05) is 25.1 Å². The van der Waals surface area contributed by atoms with E-state index < -0.39 is 0 Å². The van der Waals surface area contributed by atoms with Gasteiger partial charge in [-0.05, 0) is 73.4 Å². The Kier molecular flexibility index (Phi) is 9.88. The molecule has 0 heterocycles. The zero-order valence-electron chi connectivity index (χ0n) is 22.0. The van der Waals surface area contributed by atoms with E-state index >= 15 is 0 Å². The molecule has 1 unspecified atom stereocenters. The van der Waals surface area contributed by atoms with Crippen LogP contribution in [-0.2, 0) is 4.79 Å². The minimum atomic E-state index is 0.00856. The molecule has 2 aromatic rings. The van der Waals surface area contributed by atoms with Crippen molar-refractivity contribution in [3.63, 3.8) is 0 Å². The van der Waals surface area contributed by atoms with Gasteiger partial charge in [0.05, 0.1) is 6.04 Å². The van der Waals surface area contributed by atoms with Crippen LogP contribution in [0.5, 0.6) is 0 Å². The van der Waals surface area contributed by atoms with Crippen molar-refractivity contribution in [2.75, 3.05) is 6.54 Å². The number of benzene rings is 2. The van der Waals surface area contributed by atoms with E-state index in [4.69, 9.17) is 0 Å². The van der Waals surface area contributed by atoms with Crippen LogP contribution in [0.25, 0.3) is 0 Å². The van der Waals surface area contributed by atoms with Gasteiger partial charge < -0.3 is 10.6 Å². The third-order valence-corrected chi connectivity index (χ3v) is 6.24. The number of carbonyl (C=O) groups excluding carboxylic acids is 1. The topological polar surface area (TPSA) is 41.1 Å². The molecule has 0 fully saturated rings. The van der Waals surface area contributed by atoms with Crippen molar-refractivity contribution in [1.29, 1.82) is 0 Å². The van der Waals surface area contributed by atoms with E-state index in [9.17, 15) is 4.79 Å². The lowest BCUT2D eigenvalue weighted by Crippen LogP contribution is -2.21. The number of aryl methyl sites for hydroxylation is 1. The van der Waals surface area contributed by atoms with Gasteiger partial charge in [0.1, 0.15) is 5.78 Å². The highest BCUT2D eigenvalue weighted by molar-refractivity contribution is 5.77. The fourth-order valence-electron chi connectivity index (χ4n) is 4.23. The smallest absolute Gasteiger partial charge is 0.133 e. The maximum absolute atomic E-state index is 11.4. The van der Waals surface area contributed by atoms with Gasteiger partial charge in [0.15, 0.2) is 0 Å². The molecule has 0 aromatic heterocycles. The second kappa shape index (κ2) is 13.3. The molecule has 0 bridgehead atoms. The van der Waals surface area contributed by atoms with Crippen molar-refractivity contribution < 1.29 is 4.79 Å². The highest BCUT2D eigenvalue weighted by Crippen LogP contribution is 2.26. The number of Topliss-reactive ketones (excluding diaryl/α,β-unsaturated/α-hetero) is 1. The molecule has 3 heteroatoms. The summed E-state index contributed by atoms with van der Waals surface area (Å²) >= 11 is 0. The van der Waals surface area contributed by atoms with E-state index in [1.54, 1.807) is 6.92 Å². The van der Waals surface area contributed by atoms with Crippen molar-refractivity contribution in [3.05, 3.63) is 142 Å². The van der Waals surface area contributed by atoms with Crippen LogP contribution >= 0.6 is 0 Å². The number of rotatable bonds is 13. The monoisotopic (exact) mass is 478 g/mol. The van der Waals surface area contributed by atoms with E-state index in [2.05, 4.69) is 98.7 Å². The van der Waals surface area contributed by atoms with E-state index in [1.807, 2.05) is 30.5 Å². The fourth-order valence-corrected chi connectivity index (χ4v) is 4.23. The SMILES string of the molecule is C=C(CC(/C=C\CC(C)=O)=C/C=C/NCC1=C(C)C=C1C)NC(c1ccccc1)c1ccc(C)cc1. The maximum Gasteiger partial charge on any atom is 0.133 e. The molecule has 0 amide bonds. The second-order valence-electron chi connectivity index (χ2n) is 9.46. The lowest BCUT2D eigenvalue weighted by molar-refractivity contribution is -0.116. The van der Waals surface area contributed by atoms with Crippen LogP contribution in [0.2, 0.25) is 0 Å². The van der Waals surface area contributed by atoms with Gasteiger partial charge in [-0.3, -0.25) is 4.79 Å². The van der Waals surface area contributed by atoms with Gasteiger partial charge in [-0.15, -0.1) is 0 Å². The molecule has 186 valence electrons. The molecule has 3 rings (SSSR count). The second-order valence-corrected chi connectivity index (χ2v) is 9.46. The zero-order chi connectivity index (χ0) is 25.9. The summed E-state index contributed by atoms with van der Waals surface area (Å²) in [5.41, 5.74) is 9.69. The largest absolute Gasteiger partial charge is 0.387 e. The summed E-state index contributed by atoms with van der Waals surface area (Å²) in [6, 6.07) is 19.1. The first kappa shape index (κ1) is 26.7. The Labute approximate surface area is 216 Å². The molecule has 1 aliphatic rings. The molecule has 0 saturated carbocycles. The van der Waals surface area contributed by atoms with Gasteiger partial charge in [-0.1, -0.05) is 91.0 Å². The molecule has 0 aliphatic heterocycles. The lowest BCUT2D eigenvalue weighted by atomic mass is 9.91. The van der Waals surface area contributed by atoms with Gasteiger partial charge in [-0.2, -0.15) is 0 Å². The first-order chi connectivity index (χ1) is 17.3. The summed E-state index contributed by atoms with van der Waals surface area (Å²) < 4.78 is 0. The molecule has 0 radical (unpaired) electrons. The summed E-state index contributed by atoms with van der Waals surface area (Å²) in [6.45, 7) is 13.2. The minimum Gasteiger partial charge on any atom is -0.387 e. The van der Waals surface area contributed by atoms with E-state index in [1.165, 1.54) is 33.4 Å². The van der Waals surface area contributed by atoms with Crippen LogP contribution in [0.4, 0.5) is 0 Å². The average Bonchev–Trinajstić information content (AvgIpc) is 2.85. The highest BCUT2D eigenvalue weighted by Gasteiger charge is 2.15. The Bertz CT molecular complexity index is 1210. The average molecular weight is 479 g/mol. The van der Waals surface area contributed by atoms with Crippen LogP contribution in [0.1, 0.15) is 56.3 Å². The zero-order valence-corrected chi connectivity index (χ0v) is 22.0. The summed E-state index contributed by atoms with van der Waals surface area (Å²) in [5, 5.41) is 7.02. The molecule has 0 saturated heterocycles. The third kappa shape index (κ3) is 8.13. The number of hydrogen-bond donors (Lipinski definition) is 2. The quantitative estimate of drug-likeness (QED) is 0.294. The number of ketones is 1. The van der Waals surface area contributed by atoms with Gasteiger partial charge >= 0.3 is 0 Å². The van der Waals surface area contributed by atoms with Crippen molar-refractivity contribution >= 4 is 5.78 Å². The molecule has 3 nitrogen and oxygen atoms in total. The van der Waals surface area contributed by atoms with Crippen molar-refractivity contribution in [2.24, 2.45) is 0 Å². The summed E-state index contributed by atoms with van der Waals surface area (Å²) in [6.07, 6.45) is 13.3. The Balaban J connectivity index is 1.70. The summed E-state index contributed by atoms with van der Waals surface area (Å²) in [7, 11) is 0. The van der Waals surface area contributed by atoms with Crippen molar-refractivity contribution in [2.45, 2.75) is 46.6 Å². The number of carbonyl (C=O) groups is 1. The Morgan fingerprint density at radius 2 is 1.69 bits per heavy atom. The molecule has 2 N–H and O–H groups in total. The van der Waals surface area contributed by atoms with Crippen molar-refractivity contribution in [1.82, 2.24) is 10.6 Å². The summed E-state index contributed by atoms with van der Waals surface area (Å²) in [4.78, 5) is 11.4. The molecular weight excluding hydrogens is 440 g/mol. The van der Waals surface area contributed by atoms with Crippen LogP contribution < -0.4 is 10.6 Å². The van der Waals surface area contributed by atoms with E-state index in [0.717, 1.165) is 17.8 Å². The van der Waals surface area contributed by atoms with E-state index in [0.29, 0.717) is 12.8 Å². The molecule has 1 aliphatic carbocycles. The standard InChI is InChI=1S/C33H38N2O/c1-24-16-18-31(19-17-24)33(30-14-7-6-8-15-30)35-27(4)22-29(12-9-11-28(5)36)13-10-20-34-23-32-25(2)21-26(32)3/h6-10,12-21,33-35H,4,11,22-23H2,1-3,5H3/b12-9-,20-10+,29-13+. The maximum atomic E-state index is 11.4. The summed E-state index contributed by atoms with van der Waals surface area (Å²) in [5.74, 6) is 0.149.